The number of ether oxygens (including phenoxy) is 3. The maximum absolute atomic E-state index is 5.58. The summed E-state index contributed by atoms with van der Waals surface area (Å²) in [4.78, 5) is 0. The zero-order valence-corrected chi connectivity index (χ0v) is 13.7. The normalized spacial score (nSPS) is 13.7. The lowest BCUT2D eigenvalue weighted by molar-refractivity contribution is -0.237. The summed E-state index contributed by atoms with van der Waals surface area (Å²) >= 11 is 0. The molecule has 0 aromatic rings. The average molecular weight is 274 g/mol. The van der Waals surface area contributed by atoms with Gasteiger partial charge >= 0.3 is 0 Å². The number of methoxy groups -OCH3 is 2. The van der Waals surface area contributed by atoms with Crippen LogP contribution in [0.2, 0.25) is 0 Å². The van der Waals surface area contributed by atoms with Crippen molar-refractivity contribution in [3.63, 3.8) is 0 Å². The van der Waals surface area contributed by atoms with Gasteiger partial charge in [0.1, 0.15) is 0 Å². The van der Waals surface area contributed by atoms with E-state index in [1.54, 1.807) is 14.2 Å². The first-order valence-corrected chi connectivity index (χ1v) is 7.82. The first kappa shape index (κ1) is 18.9. The highest BCUT2D eigenvalue weighted by Gasteiger charge is 2.33. The molecule has 116 valence electrons. The van der Waals surface area contributed by atoms with Crippen LogP contribution >= 0.6 is 0 Å². The van der Waals surface area contributed by atoms with Gasteiger partial charge in [-0.3, -0.25) is 0 Å². The van der Waals surface area contributed by atoms with E-state index in [2.05, 4.69) is 6.92 Å². The SMILES string of the molecule is CCCCCCCCC(COCC)C(C)(OC)OC. The van der Waals surface area contributed by atoms with Gasteiger partial charge in [-0.15, -0.1) is 0 Å². The zero-order valence-electron chi connectivity index (χ0n) is 13.7. The van der Waals surface area contributed by atoms with E-state index in [4.69, 9.17) is 14.2 Å². The van der Waals surface area contributed by atoms with E-state index in [0.717, 1.165) is 13.0 Å². The van der Waals surface area contributed by atoms with Crippen LogP contribution in [-0.2, 0) is 14.2 Å². The lowest BCUT2D eigenvalue weighted by Gasteiger charge is -2.35. The molecule has 1 atom stereocenters. The molecule has 0 aliphatic rings. The highest BCUT2D eigenvalue weighted by molar-refractivity contribution is 4.75. The van der Waals surface area contributed by atoms with Crippen molar-refractivity contribution in [3.05, 3.63) is 0 Å². The molecule has 0 saturated carbocycles. The van der Waals surface area contributed by atoms with Crippen molar-refractivity contribution in [3.8, 4) is 0 Å². The Bertz CT molecular complexity index is 190. The Labute approximate surface area is 120 Å². The Morgan fingerprint density at radius 3 is 2.00 bits per heavy atom. The first-order chi connectivity index (χ1) is 9.14. The van der Waals surface area contributed by atoms with Crippen molar-refractivity contribution in [1.29, 1.82) is 0 Å². The van der Waals surface area contributed by atoms with Crippen LogP contribution in [0.4, 0.5) is 0 Å². The first-order valence-electron chi connectivity index (χ1n) is 7.82. The Morgan fingerprint density at radius 2 is 1.47 bits per heavy atom. The minimum atomic E-state index is -0.529. The van der Waals surface area contributed by atoms with E-state index in [1.165, 1.54) is 38.5 Å². The van der Waals surface area contributed by atoms with Gasteiger partial charge in [0.2, 0.25) is 0 Å². The second-order valence-corrected chi connectivity index (χ2v) is 5.34. The molecule has 0 N–H and O–H groups in total. The van der Waals surface area contributed by atoms with Gasteiger partial charge in [-0.2, -0.15) is 0 Å². The molecular weight excluding hydrogens is 240 g/mol. The molecular formula is C16H34O3. The smallest absolute Gasteiger partial charge is 0.169 e. The van der Waals surface area contributed by atoms with Gasteiger partial charge in [0.05, 0.1) is 6.61 Å². The van der Waals surface area contributed by atoms with Crippen LogP contribution in [0.3, 0.4) is 0 Å². The third kappa shape index (κ3) is 7.91. The van der Waals surface area contributed by atoms with Crippen molar-refractivity contribution in [2.24, 2.45) is 5.92 Å². The number of unbranched alkanes of at least 4 members (excludes halogenated alkanes) is 5. The molecule has 1 unspecified atom stereocenters. The molecule has 0 spiro atoms. The largest absolute Gasteiger partial charge is 0.381 e. The van der Waals surface area contributed by atoms with Crippen molar-refractivity contribution >= 4 is 0 Å². The quantitative estimate of drug-likeness (QED) is 0.368. The number of hydrogen-bond acceptors (Lipinski definition) is 3. The van der Waals surface area contributed by atoms with E-state index in [0.29, 0.717) is 12.5 Å². The minimum absolute atomic E-state index is 0.300. The third-order valence-corrected chi connectivity index (χ3v) is 3.98. The molecule has 0 saturated heterocycles. The summed E-state index contributed by atoms with van der Waals surface area (Å²) in [6.07, 6.45) is 8.99. The number of rotatable bonds is 13. The van der Waals surface area contributed by atoms with E-state index >= 15 is 0 Å². The van der Waals surface area contributed by atoms with Crippen molar-refractivity contribution in [2.45, 2.75) is 71.5 Å². The van der Waals surface area contributed by atoms with Crippen LogP contribution in [0.5, 0.6) is 0 Å². The summed E-state index contributed by atoms with van der Waals surface area (Å²) in [7, 11) is 3.42. The molecule has 0 rings (SSSR count). The van der Waals surface area contributed by atoms with Gasteiger partial charge in [0.25, 0.3) is 0 Å². The van der Waals surface area contributed by atoms with Crippen molar-refractivity contribution in [1.82, 2.24) is 0 Å². The molecule has 0 fully saturated rings. The molecule has 3 heteroatoms. The lowest BCUT2D eigenvalue weighted by Crippen LogP contribution is -2.41. The summed E-state index contributed by atoms with van der Waals surface area (Å²) < 4.78 is 16.7. The Balaban J connectivity index is 4.05. The van der Waals surface area contributed by atoms with Gasteiger partial charge in [0, 0.05) is 26.7 Å². The second-order valence-electron chi connectivity index (χ2n) is 5.34. The highest BCUT2D eigenvalue weighted by atomic mass is 16.7. The van der Waals surface area contributed by atoms with E-state index < -0.39 is 5.79 Å². The fraction of sp³-hybridized carbons (Fsp3) is 1.00. The molecule has 0 aromatic heterocycles. The molecule has 0 radical (unpaired) electrons. The standard InChI is InChI=1S/C16H34O3/c1-6-8-9-10-11-12-13-15(14-19-7-2)16(3,17-4)18-5/h15H,6-14H2,1-5H3. The van der Waals surface area contributed by atoms with Gasteiger partial charge in [-0.1, -0.05) is 45.4 Å². The molecule has 0 amide bonds. The van der Waals surface area contributed by atoms with Crippen LogP contribution in [0.25, 0.3) is 0 Å². The van der Waals surface area contributed by atoms with Crippen LogP contribution in [0.1, 0.15) is 65.7 Å². The Hall–Kier alpha value is -0.120. The van der Waals surface area contributed by atoms with Crippen LogP contribution in [0, 0.1) is 5.92 Å². The van der Waals surface area contributed by atoms with Crippen LogP contribution in [-0.4, -0.2) is 33.2 Å². The average Bonchev–Trinajstić information content (AvgIpc) is 2.45. The lowest BCUT2D eigenvalue weighted by atomic mass is 9.93. The summed E-state index contributed by atoms with van der Waals surface area (Å²) in [5.74, 6) is -0.230. The highest BCUT2D eigenvalue weighted by Crippen LogP contribution is 2.27. The minimum Gasteiger partial charge on any atom is -0.381 e. The summed E-state index contributed by atoms with van der Waals surface area (Å²) in [6, 6.07) is 0. The van der Waals surface area contributed by atoms with Gasteiger partial charge in [-0.25, -0.2) is 0 Å². The van der Waals surface area contributed by atoms with Crippen molar-refractivity contribution < 1.29 is 14.2 Å². The van der Waals surface area contributed by atoms with E-state index in [9.17, 15) is 0 Å². The second kappa shape index (κ2) is 11.7. The predicted molar refractivity (Wildman–Crippen MR) is 80.4 cm³/mol. The fourth-order valence-electron chi connectivity index (χ4n) is 2.34. The summed E-state index contributed by atoms with van der Waals surface area (Å²) in [6.45, 7) is 7.74. The molecule has 0 aromatic carbocycles. The maximum Gasteiger partial charge on any atom is 0.169 e. The number of hydrogen-bond donors (Lipinski definition) is 0. The maximum atomic E-state index is 5.58. The van der Waals surface area contributed by atoms with E-state index in [1.807, 2.05) is 13.8 Å². The predicted octanol–water partition coefficient (Wildman–Crippen LogP) is 4.40. The molecule has 3 nitrogen and oxygen atoms in total. The van der Waals surface area contributed by atoms with Gasteiger partial charge in [0.15, 0.2) is 5.79 Å². The van der Waals surface area contributed by atoms with Crippen LogP contribution < -0.4 is 0 Å². The molecule has 0 aliphatic heterocycles. The summed E-state index contributed by atoms with van der Waals surface area (Å²) in [5, 5.41) is 0. The Morgan fingerprint density at radius 1 is 0.895 bits per heavy atom. The Kier molecular flexibility index (Phi) is 11.6. The topological polar surface area (TPSA) is 27.7 Å². The van der Waals surface area contributed by atoms with Crippen LogP contribution in [0.15, 0.2) is 0 Å². The summed E-state index contributed by atoms with van der Waals surface area (Å²) in [5.41, 5.74) is 0. The molecule has 0 bridgehead atoms. The molecule has 0 heterocycles. The van der Waals surface area contributed by atoms with Gasteiger partial charge < -0.3 is 14.2 Å². The van der Waals surface area contributed by atoms with Crippen molar-refractivity contribution in [2.75, 3.05) is 27.4 Å². The monoisotopic (exact) mass is 274 g/mol. The zero-order chi connectivity index (χ0) is 14.6. The van der Waals surface area contributed by atoms with Gasteiger partial charge in [-0.05, 0) is 20.3 Å². The molecule has 19 heavy (non-hydrogen) atoms. The third-order valence-electron chi connectivity index (χ3n) is 3.98. The fourth-order valence-corrected chi connectivity index (χ4v) is 2.34. The molecule has 0 aliphatic carbocycles. The van der Waals surface area contributed by atoms with E-state index in [-0.39, 0.29) is 0 Å².